The van der Waals surface area contributed by atoms with E-state index in [0.29, 0.717) is 35.3 Å². The first kappa shape index (κ1) is 15.6. The van der Waals surface area contributed by atoms with E-state index < -0.39 is 0 Å². The molecule has 0 unspecified atom stereocenters. The van der Waals surface area contributed by atoms with Gasteiger partial charge in [-0.3, -0.25) is 4.79 Å². The molecular weight excluding hydrogens is 284 g/mol. The van der Waals surface area contributed by atoms with Crippen LogP contribution in [0.15, 0.2) is 48.5 Å². The minimum Gasteiger partial charge on any atom is -0.489 e. The molecule has 0 heterocycles. The summed E-state index contributed by atoms with van der Waals surface area (Å²) in [5, 5.41) is 0.479. The van der Waals surface area contributed by atoms with Crippen molar-refractivity contribution in [1.29, 1.82) is 0 Å². The molecule has 0 aliphatic carbocycles. The first-order valence-electron chi connectivity index (χ1n) is 7.05. The molecule has 110 valence electrons. The average molecular weight is 303 g/mol. The van der Waals surface area contributed by atoms with Gasteiger partial charge in [-0.2, -0.15) is 0 Å². The van der Waals surface area contributed by atoms with E-state index in [1.165, 1.54) is 0 Å². The zero-order valence-corrected chi connectivity index (χ0v) is 13.1. The van der Waals surface area contributed by atoms with Crippen molar-refractivity contribution in [2.75, 3.05) is 0 Å². The van der Waals surface area contributed by atoms with E-state index in [9.17, 15) is 4.79 Å². The molecule has 0 atom stereocenters. The normalized spacial score (nSPS) is 10.7. The lowest BCUT2D eigenvalue weighted by Gasteiger charge is -2.10. The summed E-state index contributed by atoms with van der Waals surface area (Å²) in [5.74, 6) is 1.03. The third kappa shape index (κ3) is 4.61. The highest BCUT2D eigenvalue weighted by Gasteiger charge is 2.13. The van der Waals surface area contributed by atoms with Crippen molar-refractivity contribution in [1.82, 2.24) is 0 Å². The third-order valence-electron chi connectivity index (χ3n) is 3.08. The van der Waals surface area contributed by atoms with Gasteiger partial charge in [-0.1, -0.05) is 55.8 Å². The molecule has 2 nitrogen and oxygen atoms in total. The van der Waals surface area contributed by atoms with Crippen LogP contribution in [0.5, 0.6) is 5.75 Å². The summed E-state index contributed by atoms with van der Waals surface area (Å²) in [7, 11) is 0. The predicted octanol–water partition coefficient (Wildman–Crippen LogP) is 5.15. The van der Waals surface area contributed by atoms with Gasteiger partial charge >= 0.3 is 0 Å². The van der Waals surface area contributed by atoms with Gasteiger partial charge in [-0.25, -0.2) is 0 Å². The van der Waals surface area contributed by atoms with Gasteiger partial charge in [-0.05, 0) is 29.7 Å². The summed E-state index contributed by atoms with van der Waals surface area (Å²) in [4.78, 5) is 12.2. The number of benzene rings is 2. The molecule has 0 radical (unpaired) electrons. The molecule has 0 aliphatic heterocycles. The fourth-order valence-corrected chi connectivity index (χ4v) is 2.25. The zero-order chi connectivity index (χ0) is 15.2. The Morgan fingerprint density at radius 1 is 1.14 bits per heavy atom. The Morgan fingerprint density at radius 2 is 1.86 bits per heavy atom. The molecule has 2 rings (SSSR count). The molecule has 21 heavy (non-hydrogen) atoms. The topological polar surface area (TPSA) is 26.3 Å². The van der Waals surface area contributed by atoms with Gasteiger partial charge in [-0.15, -0.1) is 0 Å². The average Bonchev–Trinajstić information content (AvgIpc) is 2.46. The first-order valence-corrected chi connectivity index (χ1v) is 7.43. The molecule has 0 spiro atoms. The van der Waals surface area contributed by atoms with Crippen LogP contribution in [0.4, 0.5) is 0 Å². The number of hydrogen-bond donors (Lipinski definition) is 0. The highest BCUT2D eigenvalue weighted by Crippen LogP contribution is 2.25. The van der Waals surface area contributed by atoms with Crippen molar-refractivity contribution in [2.45, 2.75) is 26.9 Å². The third-order valence-corrected chi connectivity index (χ3v) is 3.41. The van der Waals surface area contributed by atoms with Crippen molar-refractivity contribution in [3.8, 4) is 5.75 Å². The van der Waals surface area contributed by atoms with Crippen LogP contribution < -0.4 is 4.74 Å². The van der Waals surface area contributed by atoms with Crippen LogP contribution in [0, 0.1) is 5.92 Å². The van der Waals surface area contributed by atoms with Crippen LogP contribution in [0.1, 0.15) is 36.2 Å². The molecule has 0 fully saturated rings. The SMILES string of the molecule is CC(C)CC(=O)c1cc(OCc2ccccc2)ccc1Cl. The largest absolute Gasteiger partial charge is 0.489 e. The molecule has 0 aliphatic rings. The van der Waals surface area contributed by atoms with Gasteiger partial charge in [0.15, 0.2) is 5.78 Å². The van der Waals surface area contributed by atoms with E-state index in [1.807, 2.05) is 44.2 Å². The van der Waals surface area contributed by atoms with Crippen LogP contribution in [-0.2, 0) is 6.61 Å². The van der Waals surface area contributed by atoms with Gasteiger partial charge < -0.3 is 4.74 Å². The smallest absolute Gasteiger partial charge is 0.164 e. The molecule has 2 aromatic carbocycles. The maximum absolute atomic E-state index is 12.2. The Labute approximate surface area is 130 Å². The van der Waals surface area contributed by atoms with E-state index in [-0.39, 0.29) is 5.78 Å². The zero-order valence-electron chi connectivity index (χ0n) is 12.3. The number of rotatable bonds is 6. The number of ether oxygens (including phenoxy) is 1. The molecule has 0 N–H and O–H groups in total. The number of hydrogen-bond acceptors (Lipinski definition) is 2. The van der Waals surface area contributed by atoms with Gasteiger partial charge in [0.25, 0.3) is 0 Å². The number of Topliss-reactive ketones (excluding diaryl/α,β-unsaturated/α-hetero) is 1. The summed E-state index contributed by atoms with van der Waals surface area (Å²) in [5.41, 5.74) is 1.62. The first-order chi connectivity index (χ1) is 10.1. The minimum atomic E-state index is 0.0557. The molecule has 2 aromatic rings. The lowest BCUT2D eigenvalue weighted by atomic mass is 10.0. The number of carbonyl (C=O) groups excluding carboxylic acids is 1. The highest BCUT2D eigenvalue weighted by molar-refractivity contribution is 6.34. The van der Waals surface area contributed by atoms with Crippen LogP contribution in [0.2, 0.25) is 5.02 Å². The summed E-state index contributed by atoms with van der Waals surface area (Å²) in [6.45, 7) is 4.50. The number of ketones is 1. The second-order valence-corrected chi connectivity index (χ2v) is 5.84. The van der Waals surface area contributed by atoms with Crippen LogP contribution in [0.3, 0.4) is 0 Å². The Bertz CT molecular complexity index is 606. The fraction of sp³-hybridized carbons (Fsp3) is 0.278. The van der Waals surface area contributed by atoms with Gasteiger partial charge in [0.1, 0.15) is 12.4 Å². The molecule has 0 aromatic heterocycles. The number of carbonyl (C=O) groups is 1. The van der Waals surface area contributed by atoms with E-state index in [1.54, 1.807) is 18.2 Å². The van der Waals surface area contributed by atoms with Crippen molar-refractivity contribution in [3.63, 3.8) is 0 Å². The second kappa shape index (κ2) is 7.28. The maximum atomic E-state index is 12.2. The van der Waals surface area contributed by atoms with E-state index in [4.69, 9.17) is 16.3 Å². The Balaban J connectivity index is 2.09. The summed E-state index contributed by atoms with van der Waals surface area (Å²) < 4.78 is 5.73. The lowest BCUT2D eigenvalue weighted by Crippen LogP contribution is -2.05. The van der Waals surface area contributed by atoms with Crippen LogP contribution >= 0.6 is 11.6 Å². The Kier molecular flexibility index (Phi) is 5.40. The van der Waals surface area contributed by atoms with Crippen LogP contribution in [-0.4, -0.2) is 5.78 Å². The molecule has 0 saturated heterocycles. The monoisotopic (exact) mass is 302 g/mol. The molecule has 0 bridgehead atoms. The lowest BCUT2D eigenvalue weighted by molar-refractivity contribution is 0.0967. The Morgan fingerprint density at radius 3 is 2.52 bits per heavy atom. The maximum Gasteiger partial charge on any atom is 0.164 e. The molecular formula is C18H19ClO2. The fourth-order valence-electron chi connectivity index (χ4n) is 2.03. The molecule has 0 saturated carbocycles. The molecule has 0 amide bonds. The van der Waals surface area contributed by atoms with Crippen molar-refractivity contribution in [3.05, 3.63) is 64.7 Å². The van der Waals surface area contributed by atoms with Crippen molar-refractivity contribution >= 4 is 17.4 Å². The minimum absolute atomic E-state index is 0.0557. The second-order valence-electron chi connectivity index (χ2n) is 5.44. The quantitative estimate of drug-likeness (QED) is 0.690. The van der Waals surface area contributed by atoms with E-state index in [0.717, 1.165) is 5.56 Å². The molecule has 3 heteroatoms. The van der Waals surface area contributed by atoms with Crippen molar-refractivity contribution < 1.29 is 9.53 Å². The van der Waals surface area contributed by atoms with Crippen LogP contribution in [0.25, 0.3) is 0 Å². The van der Waals surface area contributed by atoms with Crippen molar-refractivity contribution in [2.24, 2.45) is 5.92 Å². The summed E-state index contributed by atoms with van der Waals surface area (Å²) in [6.07, 6.45) is 0.488. The predicted molar refractivity (Wildman–Crippen MR) is 86.0 cm³/mol. The Hall–Kier alpha value is -1.80. The van der Waals surface area contributed by atoms with E-state index in [2.05, 4.69) is 0 Å². The van der Waals surface area contributed by atoms with Gasteiger partial charge in [0, 0.05) is 12.0 Å². The highest BCUT2D eigenvalue weighted by atomic mass is 35.5. The number of halogens is 1. The standard InChI is InChI=1S/C18H19ClO2/c1-13(2)10-18(20)16-11-15(8-9-17(16)19)21-12-14-6-4-3-5-7-14/h3-9,11,13H,10,12H2,1-2H3. The van der Waals surface area contributed by atoms with Gasteiger partial charge in [0.2, 0.25) is 0 Å². The summed E-state index contributed by atoms with van der Waals surface area (Å²) >= 11 is 6.12. The van der Waals surface area contributed by atoms with E-state index >= 15 is 0 Å². The summed E-state index contributed by atoms with van der Waals surface area (Å²) in [6, 6.07) is 15.1. The van der Waals surface area contributed by atoms with Gasteiger partial charge in [0.05, 0.1) is 5.02 Å².